The van der Waals surface area contributed by atoms with E-state index in [1.807, 2.05) is 0 Å². The molecule has 0 unspecified atom stereocenters. The normalized spacial score (nSPS) is 10.9. The van der Waals surface area contributed by atoms with Gasteiger partial charge >= 0.3 is 0 Å². The minimum atomic E-state index is -0.264. The Morgan fingerprint density at radius 2 is 2.21 bits per heavy atom. The first kappa shape index (κ1) is 11.4. The molecule has 9 nitrogen and oxygen atoms in total. The third kappa shape index (κ3) is 2.45. The van der Waals surface area contributed by atoms with Crippen LogP contribution in [0.25, 0.3) is 11.2 Å². The highest BCUT2D eigenvalue weighted by Crippen LogP contribution is 2.01. The molecule has 19 heavy (non-hydrogen) atoms. The summed E-state index contributed by atoms with van der Waals surface area (Å²) in [5.41, 5.74) is 7.28. The van der Waals surface area contributed by atoms with Crippen LogP contribution in [0, 0.1) is 0 Å². The summed E-state index contributed by atoms with van der Waals surface area (Å²) >= 11 is 0. The first-order chi connectivity index (χ1) is 9.33. The molecule has 98 valence electrons. The Morgan fingerprint density at radius 3 is 3.05 bits per heavy atom. The minimum Gasteiger partial charge on any atom is -0.348 e. The fourth-order valence-corrected chi connectivity index (χ4v) is 1.67. The lowest BCUT2D eigenvalue weighted by atomic mass is 10.3. The molecule has 0 aromatic carbocycles. The second-order valence-corrected chi connectivity index (χ2v) is 3.89. The molecule has 0 fully saturated rings. The first-order valence-electron chi connectivity index (χ1n) is 5.72. The molecule has 0 spiro atoms. The van der Waals surface area contributed by atoms with E-state index in [9.17, 15) is 4.79 Å². The van der Waals surface area contributed by atoms with Crippen molar-refractivity contribution in [2.75, 3.05) is 12.0 Å². The summed E-state index contributed by atoms with van der Waals surface area (Å²) in [6, 6.07) is 0. The topological polar surface area (TPSA) is 127 Å². The molecule has 0 amide bonds. The summed E-state index contributed by atoms with van der Waals surface area (Å²) in [6.07, 6.45) is 5.61. The molecule has 0 saturated heterocycles. The molecule has 0 aliphatic rings. The highest BCUT2D eigenvalue weighted by atomic mass is 16.1. The number of hydrogen-bond donors (Lipinski definition) is 5. The van der Waals surface area contributed by atoms with Crippen LogP contribution in [0.3, 0.4) is 0 Å². The fraction of sp³-hybridized carbons (Fsp3) is 0.200. The number of anilines is 1. The van der Waals surface area contributed by atoms with E-state index in [4.69, 9.17) is 0 Å². The molecule has 3 aromatic heterocycles. The van der Waals surface area contributed by atoms with Crippen molar-refractivity contribution in [2.45, 2.75) is 6.42 Å². The lowest BCUT2D eigenvalue weighted by Gasteiger charge is -2.06. The molecule has 3 rings (SSSR count). The van der Waals surface area contributed by atoms with Crippen LogP contribution in [0.4, 0.5) is 5.95 Å². The Hall–Kier alpha value is -2.68. The summed E-state index contributed by atoms with van der Waals surface area (Å²) in [5.74, 6) is 0.328. The quantitative estimate of drug-likeness (QED) is 0.312. The zero-order chi connectivity index (χ0) is 13.1. The molecule has 9 heteroatoms. The van der Waals surface area contributed by atoms with Gasteiger partial charge in [0.1, 0.15) is 0 Å². The van der Waals surface area contributed by atoms with Crippen LogP contribution in [0.1, 0.15) is 5.69 Å². The Labute approximate surface area is 106 Å². The van der Waals surface area contributed by atoms with Crippen molar-refractivity contribution < 1.29 is 0 Å². The average Bonchev–Trinajstić information content (AvgIpc) is 3.05. The van der Waals surface area contributed by atoms with E-state index in [-0.39, 0.29) is 5.56 Å². The van der Waals surface area contributed by atoms with Crippen LogP contribution in [-0.4, -0.2) is 36.4 Å². The molecular formula is C10H12N8O. The minimum absolute atomic E-state index is 0.264. The van der Waals surface area contributed by atoms with Gasteiger partial charge in [0.2, 0.25) is 5.95 Å². The fourth-order valence-electron chi connectivity index (χ4n) is 1.67. The molecule has 3 aromatic rings. The molecule has 0 bridgehead atoms. The van der Waals surface area contributed by atoms with Crippen molar-refractivity contribution >= 4 is 17.1 Å². The van der Waals surface area contributed by atoms with E-state index in [1.54, 1.807) is 12.5 Å². The van der Waals surface area contributed by atoms with Crippen LogP contribution < -0.4 is 16.4 Å². The molecule has 0 saturated carbocycles. The van der Waals surface area contributed by atoms with Gasteiger partial charge in [-0.3, -0.25) is 15.2 Å². The van der Waals surface area contributed by atoms with Crippen LogP contribution in [0.5, 0.6) is 0 Å². The van der Waals surface area contributed by atoms with Crippen molar-refractivity contribution in [1.82, 2.24) is 35.3 Å². The van der Waals surface area contributed by atoms with Gasteiger partial charge in [0.15, 0.2) is 11.2 Å². The number of hydrazine groups is 1. The van der Waals surface area contributed by atoms with E-state index < -0.39 is 0 Å². The monoisotopic (exact) mass is 260 g/mol. The number of rotatable bonds is 5. The second-order valence-electron chi connectivity index (χ2n) is 3.89. The van der Waals surface area contributed by atoms with Gasteiger partial charge in [-0.2, -0.15) is 4.98 Å². The van der Waals surface area contributed by atoms with Crippen LogP contribution in [-0.2, 0) is 6.42 Å². The summed E-state index contributed by atoms with van der Waals surface area (Å²) in [7, 11) is 0. The zero-order valence-electron chi connectivity index (χ0n) is 9.90. The van der Waals surface area contributed by atoms with Gasteiger partial charge in [-0.05, 0) is 0 Å². The SMILES string of the molecule is O=c1[nH]c(NNCCc2cnc[nH]2)nc2nc[nH]c12. The molecule has 0 atom stereocenters. The van der Waals surface area contributed by atoms with E-state index in [1.165, 1.54) is 6.33 Å². The lowest BCUT2D eigenvalue weighted by molar-refractivity contribution is 0.757. The van der Waals surface area contributed by atoms with Crippen molar-refractivity contribution in [3.63, 3.8) is 0 Å². The van der Waals surface area contributed by atoms with Crippen LogP contribution >= 0.6 is 0 Å². The van der Waals surface area contributed by atoms with Gasteiger partial charge in [0.25, 0.3) is 5.56 Å². The molecule has 5 N–H and O–H groups in total. The summed E-state index contributed by atoms with van der Waals surface area (Å²) in [6.45, 7) is 0.657. The average molecular weight is 260 g/mol. The van der Waals surface area contributed by atoms with Crippen molar-refractivity contribution in [3.05, 3.63) is 34.9 Å². The van der Waals surface area contributed by atoms with Crippen molar-refractivity contribution in [3.8, 4) is 0 Å². The third-order valence-electron chi connectivity index (χ3n) is 2.58. The summed E-state index contributed by atoms with van der Waals surface area (Å²) in [4.78, 5) is 32.0. The Bertz CT molecular complexity index is 713. The van der Waals surface area contributed by atoms with E-state index in [0.717, 1.165) is 12.1 Å². The van der Waals surface area contributed by atoms with Gasteiger partial charge in [-0.25, -0.2) is 15.4 Å². The summed E-state index contributed by atoms with van der Waals surface area (Å²) < 4.78 is 0. The highest BCUT2D eigenvalue weighted by molar-refractivity contribution is 5.69. The number of H-pyrrole nitrogens is 3. The van der Waals surface area contributed by atoms with Crippen LogP contribution in [0.15, 0.2) is 23.6 Å². The maximum atomic E-state index is 11.6. The van der Waals surface area contributed by atoms with E-state index in [2.05, 4.69) is 40.8 Å². The molecule has 0 aliphatic carbocycles. The van der Waals surface area contributed by atoms with Gasteiger partial charge in [-0.1, -0.05) is 0 Å². The standard InChI is InChI=1S/C10H12N8O/c19-9-7-8(14-5-13-7)16-10(17-9)18-15-2-1-6-3-11-4-12-6/h3-5,15H,1-2H2,(H,11,12)(H3,13,14,16,17,18,19). The predicted molar refractivity (Wildman–Crippen MR) is 68.4 cm³/mol. The van der Waals surface area contributed by atoms with Gasteiger partial charge in [0, 0.05) is 24.9 Å². The largest absolute Gasteiger partial charge is 0.348 e. The smallest absolute Gasteiger partial charge is 0.278 e. The second kappa shape index (κ2) is 4.90. The van der Waals surface area contributed by atoms with E-state index >= 15 is 0 Å². The Kier molecular flexibility index (Phi) is 2.94. The summed E-state index contributed by atoms with van der Waals surface area (Å²) in [5, 5.41) is 0. The number of aromatic amines is 3. The van der Waals surface area contributed by atoms with Crippen LogP contribution in [0.2, 0.25) is 0 Å². The Morgan fingerprint density at radius 1 is 1.26 bits per heavy atom. The number of hydrogen-bond acceptors (Lipinski definition) is 6. The highest BCUT2D eigenvalue weighted by Gasteiger charge is 2.04. The molecule has 3 heterocycles. The lowest BCUT2D eigenvalue weighted by Crippen LogP contribution is -2.27. The number of fused-ring (bicyclic) bond motifs is 1. The van der Waals surface area contributed by atoms with Gasteiger partial charge in [0.05, 0.1) is 12.7 Å². The zero-order valence-corrected chi connectivity index (χ0v) is 9.90. The number of imidazole rings is 2. The number of nitrogens with one attached hydrogen (secondary N) is 5. The number of nitrogens with zero attached hydrogens (tertiary/aromatic N) is 3. The van der Waals surface area contributed by atoms with Gasteiger partial charge in [-0.15, -0.1) is 0 Å². The van der Waals surface area contributed by atoms with Crippen molar-refractivity contribution in [1.29, 1.82) is 0 Å². The van der Waals surface area contributed by atoms with Crippen molar-refractivity contribution in [2.24, 2.45) is 0 Å². The predicted octanol–water partition coefficient (Wildman–Crippen LogP) is -0.471. The number of aromatic nitrogens is 6. The Balaban J connectivity index is 1.60. The molecule has 0 radical (unpaired) electrons. The molecular weight excluding hydrogens is 248 g/mol. The molecule has 0 aliphatic heterocycles. The third-order valence-corrected chi connectivity index (χ3v) is 2.58. The van der Waals surface area contributed by atoms with Gasteiger partial charge < -0.3 is 9.97 Å². The maximum absolute atomic E-state index is 11.6. The first-order valence-corrected chi connectivity index (χ1v) is 5.72. The maximum Gasteiger partial charge on any atom is 0.278 e. The van der Waals surface area contributed by atoms with E-state index in [0.29, 0.717) is 23.7 Å².